The van der Waals surface area contributed by atoms with Crippen LogP contribution < -0.4 is 9.47 Å². The molecule has 0 bridgehead atoms. The number of ether oxygens (including phenoxy) is 2. The highest BCUT2D eigenvalue weighted by Crippen LogP contribution is 2.37. The van der Waals surface area contributed by atoms with E-state index in [4.69, 9.17) is 9.47 Å². The lowest BCUT2D eigenvalue weighted by molar-refractivity contribution is 0.0436. The van der Waals surface area contributed by atoms with Gasteiger partial charge in [0.05, 0.1) is 13.2 Å². The third-order valence-corrected chi connectivity index (χ3v) is 4.49. The van der Waals surface area contributed by atoms with E-state index in [0.29, 0.717) is 0 Å². The fourth-order valence-corrected chi connectivity index (χ4v) is 3.14. The highest BCUT2D eigenvalue weighted by molar-refractivity contribution is 5.22. The van der Waals surface area contributed by atoms with Crippen molar-refractivity contribution >= 4 is 0 Å². The smallest absolute Gasteiger partial charge is 0.119 e. The van der Waals surface area contributed by atoms with Crippen molar-refractivity contribution in [2.45, 2.75) is 32.1 Å². The van der Waals surface area contributed by atoms with Gasteiger partial charge in [0, 0.05) is 5.41 Å². The molecular weight excluding hydrogens is 272 g/mol. The van der Waals surface area contributed by atoms with Crippen molar-refractivity contribution in [3.8, 4) is 11.5 Å². The zero-order valence-electron chi connectivity index (χ0n) is 13.0. The molecule has 0 atom stereocenters. The second kappa shape index (κ2) is 7.35. The minimum Gasteiger partial charge on any atom is -0.493 e. The second-order valence-electron chi connectivity index (χ2n) is 6.26. The molecule has 0 N–H and O–H groups in total. The summed E-state index contributed by atoms with van der Waals surface area (Å²) < 4.78 is 12.1. The lowest BCUT2D eigenvalue weighted by Gasteiger charge is -2.36. The molecule has 0 saturated heterocycles. The van der Waals surface area contributed by atoms with Crippen molar-refractivity contribution in [1.82, 2.24) is 0 Å². The quantitative estimate of drug-likeness (QED) is 0.738. The number of rotatable bonds is 6. The molecule has 0 radical (unpaired) electrons. The summed E-state index contributed by atoms with van der Waals surface area (Å²) in [4.78, 5) is 0. The summed E-state index contributed by atoms with van der Waals surface area (Å²) in [5, 5.41) is 0. The van der Waals surface area contributed by atoms with Gasteiger partial charge in [0.1, 0.15) is 11.5 Å². The van der Waals surface area contributed by atoms with Gasteiger partial charge in [0.15, 0.2) is 0 Å². The monoisotopic (exact) mass is 296 g/mol. The van der Waals surface area contributed by atoms with E-state index in [1.807, 2.05) is 60.7 Å². The zero-order chi connectivity index (χ0) is 15.1. The number of hydrogen-bond acceptors (Lipinski definition) is 2. The summed E-state index contributed by atoms with van der Waals surface area (Å²) in [5.41, 5.74) is 0.143. The summed E-state index contributed by atoms with van der Waals surface area (Å²) in [6.45, 7) is 1.48. The van der Waals surface area contributed by atoms with Gasteiger partial charge < -0.3 is 9.47 Å². The normalized spacial score (nSPS) is 16.9. The Labute approximate surface area is 133 Å². The lowest BCUT2D eigenvalue weighted by atomic mass is 9.75. The Bertz CT molecular complexity index is 499. The van der Waals surface area contributed by atoms with Crippen LogP contribution in [0.4, 0.5) is 0 Å². The molecule has 3 rings (SSSR count). The average Bonchev–Trinajstić information content (AvgIpc) is 2.61. The van der Waals surface area contributed by atoms with Gasteiger partial charge in [-0.2, -0.15) is 0 Å². The van der Waals surface area contributed by atoms with Crippen LogP contribution in [0.3, 0.4) is 0 Å². The van der Waals surface area contributed by atoms with Crippen molar-refractivity contribution in [3.05, 3.63) is 60.7 Å². The lowest BCUT2D eigenvalue weighted by Crippen LogP contribution is -2.37. The summed E-state index contributed by atoms with van der Waals surface area (Å²) >= 11 is 0. The predicted octanol–water partition coefficient (Wildman–Crippen LogP) is 5.09. The molecule has 22 heavy (non-hydrogen) atoms. The summed E-state index contributed by atoms with van der Waals surface area (Å²) in [6, 6.07) is 20.2. The molecule has 0 amide bonds. The van der Waals surface area contributed by atoms with Gasteiger partial charge in [0.2, 0.25) is 0 Å². The maximum atomic E-state index is 6.06. The van der Waals surface area contributed by atoms with Crippen molar-refractivity contribution in [1.29, 1.82) is 0 Å². The van der Waals surface area contributed by atoms with E-state index in [0.717, 1.165) is 24.7 Å². The molecule has 116 valence electrons. The van der Waals surface area contributed by atoms with Gasteiger partial charge in [-0.05, 0) is 37.1 Å². The molecule has 1 aliphatic rings. The third-order valence-electron chi connectivity index (χ3n) is 4.49. The van der Waals surface area contributed by atoms with Crippen LogP contribution in [0.5, 0.6) is 11.5 Å². The van der Waals surface area contributed by atoms with Gasteiger partial charge in [-0.25, -0.2) is 0 Å². The number of benzene rings is 2. The Balaban J connectivity index is 1.62. The predicted molar refractivity (Wildman–Crippen MR) is 89.4 cm³/mol. The maximum absolute atomic E-state index is 6.06. The molecule has 0 unspecified atom stereocenters. The average molecular weight is 296 g/mol. The zero-order valence-corrected chi connectivity index (χ0v) is 13.0. The molecule has 2 aromatic rings. The van der Waals surface area contributed by atoms with Crippen molar-refractivity contribution < 1.29 is 9.47 Å². The van der Waals surface area contributed by atoms with Gasteiger partial charge in [0.25, 0.3) is 0 Å². The van der Waals surface area contributed by atoms with E-state index in [9.17, 15) is 0 Å². The fraction of sp³-hybridized carbons (Fsp3) is 0.400. The molecular formula is C20H24O2. The highest BCUT2D eigenvalue weighted by Gasteiger charge is 2.34. The van der Waals surface area contributed by atoms with Gasteiger partial charge in [-0.1, -0.05) is 55.7 Å². The number of hydrogen-bond donors (Lipinski definition) is 0. The Kier molecular flexibility index (Phi) is 4.99. The standard InChI is InChI=1S/C20H24O2/c1-4-10-18(11-5-1)21-16-20(14-8-3-9-15-20)17-22-19-12-6-2-7-13-19/h1-2,4-7,10-13H,3,8-9,14-17H2. The molecule has 0 aliphatic heterocycles. The molecule has 2 heteroatoms. The first-order chi connectivity index (χ1) is 10.9. The van der Waals surface area contributed by atoms with E-state index in [1.54, 1.807) is 0 Å². The van der Waals surface area contributed by atoms with E-state index in [2.05, 4.69) is 0 Å². The van der Waals surface area contributed by atoms with Crippen molar-refractivity contribution in [2.24, 2.45) is 5.41 Å². The first-order valence-corrected chi connectivity index (χ1v) is 8.22. The molecule has 1 saturated carbocycles. The Morgan fingerprint density at radius 3 is 1.55 bits per heavy atom. The van der Waals surface area contributed by atoms with Gasteiger partial charge in [-0.3, -0.25) is 0 Å². The first kappa shape index (κ1) is 15.0. The molecule has 2 nitrogen and oxygen atoms in total. The van der Waals surface area contributed by atoms with Crippen LogP contribution in [0.1, 0.15) is 32.1 Å². The van der Waals surface area contributed by atoms with E-state index >= 15 is 0 Å². The topological polar surface area (TPSA) is 18.5 Å². The molecule has 0 heterocycles. The summed E-state index contributed by atoms with van der Waals surface area (Å²) in [6.07, 6.45) is 6.25. The van der Waals surface area contributed by atoms with Crippen molar-refractivity contribution in [3.63, 3.8) is 0 Å². The van der Waals surface area contributed by atoms with Gasteiger partial charge >= 0.3 is 0 Å². The van der Waals surface area contributed by atoms with E-state index in [1.165, 1.54) is 32.1 Å². The Morgan fingerprint density at radius 2 is 1.09 bits per heavy atom. The van der Waals surface area contributed by atoms with Crippen LogP contribution in [0.15, 0.2) is 60.7 Å². The molecule has 0 spiro atoms. The second-order valence-corrected chi connectivity index (χ2v) is 6.26. The highest BCUT2D eigenvalue weighted by atomic mass is 16.5. The molecule has 2 aromatic carbocycles. The van der Waals surface area contributed by atoms with Crippen LogP contribution in [-0.4, -0.2) is 13.2 Å². The SMILES string of the molecule is c1ccc(OCC2(COc3ccccc3)CCCCC2)cc1. The van der Waals surface area contributed by atoms with E-state index in [-0.39, 0.29) is 5.41 Å². The number of para-hydroxylation sites is 2. The molecule has 1 fully saturated rings. The van der Waals surface area contributed by atoms with Crippen LogP contribution in [0.25, 0.3) is 0 Å². The van der Waals surface area contributed by atoms with Gasteiger partial charge in [-0.15, -0.1) is 0 Å². The van der Waals surface area contributed by atoms with Crippen molar-refractivity contribution in [2.75, 3.05) is 13.2 Å². The van der Waals surface area contributed by atoms with E-state index < -0.39 is 0 Å². The molecule has 0 aromatic heterocycles. The van der Waals surface area contributed by atoms with Crippen LogP contribution in [0, 0.1) is 5.41 Å². The first-order valence-electron chi connectivity index (χ1n) is 8.22. The Hall–Kier alpha value is -1.96. The van der Waals surface area contributed by atoms with Crippen LogP contribution in [0.2, 0.25) is 0 Å². The summed E-state index contributed by atoms with van der Waals surface area (Å²) in [5.74, 6) is 1.90. The summed E-state index contributed by atoms with van der Waals surface area (Å²) in [7, 11) is 0. The van der Waals surface area contributed by atoms with Crippen LogP contribution in [-0.2, 0) is 0 Å². The molecule has 1 aliphatic carbocycles. The third kappa shape index (κ3) is 4.03. The maximum Gasteiger partial charge on any atom is 0.119 e. The largest absolute Gasteiger partial charge is 0.493 e. The minimum atomic E-state index is 0.143. The minimum absolute atomic E-state index is 0.143. The van der Waals surface area contributed by atoms with Crippen LogP contribution >= 0.6 is 0 Å². The fourth-order valence-electron chi connectivity index (χ4n) is 3.14. The Morgan fingerprint density at radius 1 is 0.636 bits per heavy atom.